The Morgan fingerprint density at radius 3 is 1.03 bits per heavy atom. The van der Waals surface area contributed by atoms with Crippen molar-refractivity contribution in [1.29, 1.82) is 0 Å². The van der Waals surface area contributed by atoms with Gasteiger partial charge in [0.15, 0.2) is 0 Å². The average Bonchev–Trinajstić information content (AvgIpc) is 1.75. The molecule has 3 aromatic carbocycles. The summed E-state index contributed by atoms with van der Waals surface area (Å²) in [4.78, 5) is 72.6. The Hall–Kier alpha value is -7.30. The average molecular weight is 1340 g/mol. The number of amides is 2. The van der Waals surface area contributed by atoms with Gasteiger partial charge in [-0.3, -0.25) is 44.3 Å². The van der Waals surface area contributed by atoms with Crippen LogP contribution in [0.5, 0.6) is 0 Å². The Balaban J connectivity index is 0.000000170. The van der Waals surface area contributed by atoms with Crippen LogP contribution in [-0.2, 0) is 32.9 Å². The highest BCUT2D eigenvalue weighted by molar-refractivity contribution is 5.93. The van der Waals surface area contributed by atoms with Crippen LogP contribution in [0.3, 0.4) is 0 Å². The highest BCUT2D eigenvalue weighted by Crippen LogP contribution is 2.41. The predicted molar refractivity (Wildman–Crippen MR) is 348 cm³/mol. The Kier molecular flexibility index (Phi) is 24.5. The summed E-state index contributed by atoms with van der Waals surface area (Å²) in [6.07, 6.45) is 2.60. The summed E-state index contributed by atoms with van der Waals surface area (Å²) in [5, 5.41) is 14.9. The monoisotopic (exact) mass is 1340 g/mol. The fraction of sp³-hybridized carbons (Fsp3) is 0.597. The van der Waals surface area contributed by atoms with Crippen LogP contribution in [0.25, 0.3) is 33.1 Å². The number of nitrogens with zero attached hydrogens (tertiary/aromatic N) is 12. The highest BCUT2D eigenvalue weighted by atomic mass is 19.4. The third-order valence-electron chi connectivity index (χ3n) is 18.9. The number of nitrogens with two attached hydrogens (primary N) is 1. The number of carbonyl (C=O) groups is 3. The van der Waals surface area contributed by atoms with E-state index in [-0.39, 0.29) is 82.3 Å². The van der Waals surface area contributed by atoms with Crippen LogP contribution < -0.4 is 31.1 Å². The Labute approximate surface area is 548 Å². The molecular formula is C67H90F9N15O4. The van der Waals surface area contributed by atoms with Gasteiger partial charge >= 0.3 is 24.5 Å². The smallest absolute Gasteiger partial charge is 0.418 e. The Bertz CT molecular complexity index is 3400. The number of hydrogen-bond acceptors (Lipinski definition) is 16. The molecule has 0 radical (unpaired) electrons. The van der Waals surface area contributed by atoms with E-state index in [0.29, 0.717) is 99.3 Å². The van der Waals surface area contributed by atoms with E-state index < -0.39 is 41.2 Å². The first-order valence-electron chi connectivity index (χ1n) is 32.3. The molecule has 6 aliphatic rings. The fourth-order valence-electron chi connectivity index (χ4n) is 14.1. The van der Waals surface area contributed by atoms with E-state index in [9.17, 15) is 53.9 Å². The molecule has 5 N–H and O–H groups in total. The van der Waals surface area contributed by atoms with E-state index in [1.807, 2.05) is 28.7 Å². The number of aromatic nitrogens is 6. The number of carboxylic acids is 1. The largest absolute Gasteiger partial charge is 0.481 e. The van der Waals surface area contributed by atoms with Crippen LogP contribution in [0, 0.1) is 35.5 Å². The molecule has 6 fully saturated rings. The van der Waals surface area contributed by atoms with Crippen molar-refractivity contribution in [1.82, 2.24) is 55.2 Å². The topological polar surface area (TPSA) is 218 Å². The lowest BCUT2D eigenvalue weighted by Crippen LogP contribution is -2.42. The van der Waals surface area contributed by atoms with Crippen LogP contribution in [-0.4, -0.2) is 185 Å². The minimum absolute atomic E-state index is 0. The van der Waals surface area contributed by atoms with E-state index in [1.54, 1.807) is 0 Å². The van der Waals surface area contributed by atoms with Crippen molar-refractivity contribution < 1.29 is 59.0 Å². The number of nitrogens with one attached hydrogen (secondary N) is 2. The number of likely N-dealkylation sites (tertiary alicyclic amines) is 3. The lowest BCUT2D eigenvalue weighted by atomic mass is 9.94. The molecule has 0 bridgehead atoms. The summed E-state index contributed by atoms with van der Waals surface area (Å²) in [5.74, 6) is 1.21. The van der Waals surface area contributed by atoms with Crippen molar-refractivity contribution in [3.63, 3.8) is 0 Å². The van der Waals surface area contributed by atoms with E-state index >= 15 is 0 Å². The number of rotatable bonds is 11. The molecule has 9 heterocycles. The van der Waals surface area contributed by atoms with E-state index in [1.165, 1.54) is 55.4 Å². The molecule has 0 spiro atoms. The molecule has 6 saturated heterocycles. The summed E-state index contributed by atoms with van der Waals surface area (Å²) in [6.45, 7) is 15.9. The molecule has 28 heteroatoms. The first-order chi connectivity index (χ1) is 44.5. The second-order valence-corrected chi connectivity index (χ2v) is 26.6. The molecule has 19 nitrogen and oxygen atoms in total. The minimum atomic E-state index is -4.49. The zero-order chi connectivity index (χ0) is 67.8. The molecule has 12 rings (SSSR count). The van der Waals surface area contributed by atoms with Crippen LogP contribution in [0.1, 0.15) is 103 Å². The number of benzene rings is 3. The van der Waals surface area contributed by atoms with Gasteiger partial charge in [-0.15, -0.1) is 0 Å². The Morgan fingerprint density at radius 2 is 0.747 bits per heavy atom. The second-order valence-electron chi connectivity index (χ2n) is 26.6. The fourth-order valence-corrected chi connectivity index (χ4v) is 14.1. The number of carboxylic acid groups (broad SMARTS) is 1. The summed E-state index contributed by atoms with van der Waals surface area (Å²) in [6, 6.07) is 7.52. The Morgan fingerprint density at radius 1 is 0.453 bits per heavy atom. The molecule has 3 aromatic heterocycles. The van der Waals surface area contributed by atoms with Crippen LogP contribution in [0.4, 0.5) is 56.6 Å². The molecule has 0 aliphatic carbocycles. The zero-order valence-corrected chi connectivity index (χ0v) is 54.0. The summed E-state index contributed by atoms with van der Waals surface area (Å²) >= 11 is 0. The van der Waals surface area contributed by atoms with Gasteiger partial charge in [0.05, 0.1) is 45.8 Å². The van der Waals surface area contributed by atoms with E-state index in [4.69, 9.17) is 10.8 Å². The number of anilines is 3. The zero-order valence-electron chi connectivity index (χ0n) is 54.0. The molecule has 520 valence electrons. The van der Waals surface area contributed by atoms with Crippen molar-refractivity contribution in [3.8, 4) is 0 Å². The minimum Gasteiger partial charge on any atom is -0.481 e. The number of aliphatic carboxylic acids is 1. The lowest BCUT2D eigenvalue weighted by molar-refractivity contribution is -0.139. The maximum atomic E-state index is 13.4. The van der Waals surface area contributed by atoms with Gasteiger partial charge in [0.25, 0.3) is 0 Å². The predicted octanol–water partition coefficient (Wildman–Crippen LogP) is 10.5. The molecule has 6 aromatic rings. The maximum Gasteiger partial charge on any atom is 0.418 e. The van der Waals surface area contributed by atoms with E-state index in [2.05, 4.69) is 83.2 Å². The molecule has 0 saturated carbocycles. The van der Waals surface area contributed by atoms with Gasteiger partial charge in [0.1, 0.15) is 33.1 Å². The van der Waals surface area contributed by atoms with Crippen molar-refractivity contribution in [2.75, 3.05) is 114 Å². The van der Waals surface area contributed by atoms with Crippen molar-refractivity contribution in [2.45, 2.75) is 123 Å². The first-order valence-corrected chi connectivity index (χ1v) is 32.3. The van der Waals surface area contributed by atoms with Crippen molar-refractivity contribution in [2.24, 2.45) is 41.2 Å². The molecule has 2 amide bonds. The quantitative estimate of drug-likeness (QED) is 0.0887. The number of fused-ring (bicyclic) bond motifs is 3. The number of hydrogen-bond donors (Lipinski definition) is 4. The molecule has 3 unspecified atom stereocenters. The first kappa shape index (κ1) is 73.5. The van der Waals surface area contributed by atoms with Gasteiger partial charge < -0.3 is 50.9 Å². The van der Waals surface area contributed by atoms with Crippen molar-refractivity contribution >= 4 is 67.9 Å². The van der Waals surface area contributed by atoms with Gasteiger partial charge in [0, 0.05) is 121 Å². The van der Waals surface area contributed by atoms with Gasteiger partial charge in [0.2, 0.25) is 11.8 Å². The van der Waals surface area contributed by atoms with Gasteiger partial charge in [-0.2, -0.15) is 39.5 Å². The molecule has 6 aliphatic heterocycles. The second kappa shape index (κ2) is 31.7. The van der Waals surface area contributed by atoms with Gasteiger partial charge in [-0.1, -0.05) is 28.2 Å². The maximum absolute atomic E-state index is 13.4. The third kappa shape index (κ3) is 19.0. The highest BCUT2D eigenvalue weighted by Gasteiger charge is 2.40. The normalized spacial score (nSPS) is 24.6. The SMILES string of the molecule is C.CN1CCCC(CC(=O)O)C1.C[C@@H]1CN(c2ccc(C(F)(F)F)c3nccnc23)C[C@@H]1N.C[C@@H]1CN(c2ccc(C(F)(F)F)c3nccnc23)C[C@@H]1NC(=O)CC1CCCN(C)C1.C[C@@H]1CN(c2ccc(C(F)(F)F)c3nccnc23)C[C@@H]1NC(=O)CC1CCCN(C)C1. The summed E-state index contributed by atoms with van der Waals surface area (Å²) in [7, 11) is 6.21. The standard InChI is InChI=1S/2C22H28F3N5O.C14H15F3N4.C8H15NO2.CH4/c2*1-14-11-30(13-17(14)28-19(31)10-15-4-3-9-29(2)12-15)18-6-5-16(22(23,24)25)20-21(18)27-8-7-26-20;1-8-6-21(7-10(8)18)11-3-2-9(14(15,16)17)12-13(11)20-5-4-19-12;1-9-4-2-3-7(6-9)5-8(10)11;/h2*5-8,14-15,17H,3-4,9-13H2,1-2H3,(H,28,31);2-5,8,10H,6-7,18H2,1H3;7H,2-6H2,1H3,(H,10,11);1H4/t2*14-,15?,17+;8-,10+;;/m111../s1. The number of alkyl halides is 9. The molecular weight excluding hydrogens is 1250 g/mol. The summed E-state index contributed by atoms with van der Waals surface area (Å²) < 4.78 is 119. The summed E-state index contributed by atoms with van der Waals surface area (Å²) in [5.41, 5.74) is 5.91. The van der Waals surface area contributed by atoms with Gasteiger partial charge in [-0.25, -0.2) is 0 Å². The number of carbonyl (C=O) groups excluding carboxylic acids is 2. The van der Waals surface area contributed by atoms with Crippen LogP contribution in [0.2, 0.25) is 0 Å². The van der Waals surface area contributed by atoms with E-state index in [0.717, 1.165) is 96.0 Å². The lowest BCUT2D eigenvalue weighted by Gasteiger charge is -2.29. The van der Waals surface area contributed by atoms with Gasteiger partial charge in [-0.05, 0) is 151 Å². The van der Waals surface area contributed by atoms with Crippen LogP contribution >= 0.6 is 0 Å². The molecule has 9 atom stereocenters. The third-order valence-corrected chi connectivity index (χ3v) is 18.9. The van der Waals surface area contributed by atoms with Crippen LogP contribution in [0.15, 0.2) is 73.6 Å². The number of piperidine rings is 3. The number of halogens is 9. The molecule has 95 heavy (non-hydrogen) atoms. The van der Waals surface area contributed by atoms with Crippen molar-refractivity contribution in [3.05, 3.63) is 90.3 Å².